The predicted molar refractivity (Wildman–Crippen MR) is 112 cm³/mol. The molecule has 0 aliphatic carbocycles. The third-order valence-electron chi connectivity index (χ3n) is 4.54. The molecule has 0 spiro atoms. The Morgan fingerprint density at radius 1 is 1.09 bits per heavy atom. The van der Waals surface area contributed by atoms with Gasteiger partial charge in [-0.3, -0.25) is 4.72 Å². The number of furan rings is 1. The van der Waals surface area contributed by atoms with Gasteiger partial charge in [0.1, 0.15) is 16.2 Å². The number of carbonyl (C=O) groups is 1. The van der Waals surface area contributed by atoms with Crippen molar-refractivity contribution in [1.82, 2.24) is 0 Å². The maximum atomic E-state index is 13.3. The second-order valence-corrected chi connectivity index (χ2v) is 8.58. The smallest absolute Gasteiger partial charge is 0.416 e. The number of nitrogens with one attached hydrogen (secondary N) is 1. The van der Waals surface area contributed by atoms with E-state index in [1.54, 1.807) is 31.2 Å². The second-order valence-electron chi connectivity index (χ2n) is 6.96. The van der Waals surface area contributed by atoms with Crippen LogP contribution in [0.3, 0.4) is 0 Å². The largest absolute Gasteiger partial charge is 0.462 e. The van der Waals surface area contributed by atoms with Crippen LogP contribution in [0.4, 0.5) is 18.9 Å². The van der Waals surface area contributed by atoms with Gasteiger partial charge in [0.15, 0.2) is 5.76 Å². The summed E-state index contributed by atoms with van der Waals surface area (Å²) in [7, 11) is -4.55. The molecule has 0 amide bonds. The Labute approximate surface area is 183 Å². The minimum Gasteiger partial charge on any atom is -0.462 e. The molecule has 0 unspecified atom stereocenters. The fraction of sp³-hybridized carbons (Fsp3) is 0.227. The third kappa shape index (κ3) is 4.80. The first kappa shape index (κ1) is 23.4. The number of hydrogen-bond donors (Lipinski definition) is 1. The summed E-state index contributed by atoms with van der Waals surface area (Å²) in [6.45, 7) is 4.80. The van der Waals surface area contributed by atoms with E-state index in [0.717, 1.165) is 17.7 Å². The van der Waals surface area contributed by atoms with Crippen LogP contribution in [0.25, 0.3) is 11.3 Å². The van der Waals surface area contributed by atoms with Gasteiger partial charge in [-0.15, -0.1) is 0 Å². The highest BCUT2D eigenvalue weighted by Gasteiger charge is 2.35. The van der Waals surface area contributed by atoms with Crippen LogP contribution in [0.1, 0.15) is 34.2 Å². The molecule has 0 aliphatic heterocycles. The quantitative estimate of drug-likeness (QED) is 0.480. The van der Waals surface area contributed by atoms with Crippen LogP contribution in [0.15, 0.2) is 57.8 Å². The average molecular weight is 467 g/mol. The molecule has 0 saturated heterocycles. The minimum absolute atomic E-state index is 0.00319. The van der Waals surface area contributed by atoms with Crippen LogP contribution in [0.5, 0.6) is 0 Å². The molecule has 1 N–H and O–H groups in total. The lowest BCUT2D eigenvalue weighted by Gasteiger charge is -2.12. The van der Waals surface area contributed by atoms with E-state index in [4.69, 9.17) is 9.15 Å². The van der Waals surface area contributed by atoms with Gasteiger partial charge < -0.3 is 9.15 Å². The number of hydrogen-bond acceptors (Lipinski definition) is 5. The number of benzene rings is 2. The molecule has 2 aromatic carbocycles. The molecule has 0 atom stereocenters. The van der Waals surface area contributed by atoms with Crippen molar-refractivity contribution in [2.24, 2.45) is 0 Å². The summed E-state index contributed by atoms with van der Waals surface area (Å²) in [5.74, 6) is -1.04. The molecule has 0 saturated carbocycles. The summed E-state index contributed by atoms with van der Waals surface area (Å²) in [4.78, 5) is 12.0. The number of alkyl halides is 3. The van der Waals surface area contributed by atoms with Crippen molar-refractivity contribution < 1.29 is 35.5 Å². The molecule has 0 bridgehead atoms. The summed E-state index contributed by atoms with van der Waals surface area (Å²) < 4.78 is 78.5. The fourth-order valence-corrected chi connectivity index (χ4v) is 4.52. The van der Waals surface area contributed by atoms with Crippen molar-refractivity contribution in [3.63, 3.8) is 0 Å². The van der Waals surface area contributed by atoms with Crippen molar-refractivity contribution in [3.05, 3.63) is 71.0 Å². The van der Waals surface area contributed by atoms with Gasteiger partial charge in [-0.1, -0.05) is 35.9 Å². The number of anilines is 1. The van der Waals surface area contributed by atoms with Crippen molar-refractivity contribution >= 4 is 21.7 Å². The summed E-state index contributed by atoms with van der Waals surface area (Å²) in [5.41, 5.74) is -0.372. The van der Waals surface area contributed by atoms with Crippen molar-refractivity contribution in [1.29, 1.82) is 0 Å². The molecule has 170 valence electrons. The topological polar surface area (TPSA) is 85.6 Å². The van der Waals surface area contributed by atoms with Crippen LogP contribution >= 0.6 is 0 Å². The Balaban J connectivity index is 2.17. The molecule has 1 heterocycles. The Morgan fingerprint density at radius 3 is 2.34 bits per heavy atom. The second kappa shape index (κ2) is 8.70. The lowest BCUT2D eigenvalue weighted by atomic mass is 10.1. The Hall–Kier alpha value is -3.27. The molecule has 0 aliphatic rings. The van der Waals surface area contributed by atoms with E-state index >= 15 is 0 Å². The Morgan fingerprint density at radius 2 is 1.75 bits per heavy atom. The van der Waals surface area contributed by atoms with E-state index in [-0.39, 0.29) is 29.4 Å². The standard InChI is InChI=1S/C22H20F3NO5S/c1-4-30-21(27)18-14(3)31-19(15-10-8-13(2)9-11-15)20(18)32(28,29)26-17-7-5-6-16(12-17)22(23,24)25/h5-12,26H,4H2,1-3H3. The number of sulfonamides is 1. The summed E-state index contributed by atoms with van der Waals surface area (Å²) >= 11 is 0. The molecule has 3 aromatic rings. The highest BCUT2D eigenvalue weighted by atomic mass is 32.2. The van der Waals surface area contributed by atoms with E-state index in [1.807, 2.05) is 6.92 Å². The van der Waals surface area contributed by atoms with Crippen LogP contribution in [-0.4, -0.2) is 21.0 Å². The zero-order valence-corrected chi connectivity index (χ0v) is 18.2. The first-order chi connectivity index (χ1) is 14.9. The van der Waals surface area contributed by atoms with E-state index in [0.29, 0.717) is 11.6 Å². The first-order valence-corrected chi connectivity index (χ1v) is 11.0. The van der Waals surface area contributed by atoms with Gasteiger partial charge in [-0.05, 0) is 39.0 Å². The van der Waals surface area contributed by atoms with E-state index in [1.165, 1.54) is 13.0 Å². The molecule has 0 fully saturated rings. The lowest BCUT2D eigenvalue weighted by Crippen LogP contribution is -2.18. The zero-order chi connectivity index (χ0) is 23.7. The zero-order valence-electron chi connectivity index (χ0n) is 17.4. The van der Waals surface area contributed by atoms with Crippen LogP contribution in [0.2, 0.25) is 0 Å². The Bertz CT molecular complexity index is 1250. The number of aryl methyl sites for hydroxylation is 2. The van der Waals surface area contributed by atoms with Gasteiger partial charge in [-0.25, -0.2) is 13.2 Å². The highest BCUT2D eigenvalue weighted by molar-refractivity contribution is 7.93. The molecular weight excluding hydrogens is 447 g/mol. The summed E-state index contributed by atoms with van der Waals surface area (Å²) in [5, 5.41) is 0. The maximum absolute atomic E-state index is 13.3. The number of rotatable bonds is 6. The molecule has 10 heteroatoms. The van der Waals surface area contributed by atoms with Gasteiger partial charge in [0.2, 0.25) is 0 Å². The van der Waals surface area contributed by atoms with Gasteiger partial charge in [0.25, 0.3) is 10.0 Å². The van der Waals surface area contributed by atoms with E-state index < -0.39 is 32.6 Å². The normalized spacial score (nSPS) is 11.9. The van der Waals surface area contributed by atoms with Crippen molar-refractivity contribution in [2.75, 3.05) is 11.3 Å². The third-order valence-corrected chi connectivity index (χ3v) is 5.98. The molecule has 3 rings (SSSR count). The van der Waals surface area contributed by atoms with Crippen LogP contribution in [0, 0.1) is 13.8 Å². The molecular formula is C22H20F3NO5S. The summed E-state index contributed by atoms with van der Waals surface area (Å²) in [6, 6.07) is 10.4. The maximum Gasteiger partial charge on any atom is 0.416 e. The summed E-state index contributed by atoms with van der Waals surface area (Å²) in [6.07, 6.45) is -4.66. The van der Waals surface area contributed by atoms with Crippen LogP contribution < -0.4 is 4.72 Å². The number of ether oxygens (including phenoxy) is 1. The molecule has 6 nitrogen and oxygen atoms in total. The van der Waals surface area contributed by atoms with Gasteiger partial charge in [0.05, 0.1) is 12.2 Å². The lowest BCUT2D eigenvalue weighted by molar-refractivity contribution is -0.137. The van der Waals surface area contributed by atoms with Crippen molar-refractivity contribution in [3.8, 4) is 11.3 Å². The van der Waals surface area contributed by atoms with E-state index in [9.17, 15) is 26.4 Å². The van der Waals surface area contributed by atoms with Gasteiger partial charge in [-0.2, -0.15) is 13.2 Å². The number of esters is 1. The SMILES string of the molecule is CCOC(=O)c1c(C)oc(-c2ccc(C)cc2)c1S(=O)(=O)Nc1cccc(C(F)(F)F)c1. The van der Waals surface area contributed by atoms with Crippen LogP contribution in [-0.2, 0) is 20.9 Å². The monoisotopic (exact) mass is 467 g/mol. The van der Waals surface area contributed by atoms with Gasteiger partial charge in [0, 0.05) is 11.3 Å². The molecule has 0 radical (unpaired) electrons. The average Bonchev–Trinajstić information content (AvgIpc) is 3.06. The molecule has 1 aromatic heterocycles. The van der Waals surface area contributed by atoms with Gasteiger partial charge >= 0.3 is 12.1 Å². The first-order valence-electron chi connectivity index (χ1n) is 9.51. The predicted octanol–water partition coefficient (Wildman–Crippen LogP) is 5.56. The molecule has 32 heavy (non-hydrogen) atoms. The fourth-order valence-electron chi connectivity index (χ4n) is 3.08. The van der Waals surface area contributed by atoms with Crippen molar-refractivity contribution in [2.45, 2.75) is 31.8 Å². The highest BCUT2D eigenvalue weighted by Crippen LogP contribution is 2.37. The minimum atomic E-state index is -4.66. The Kier molecular flexibility index (Phi) is 6.36. The van der Waals surface area contributed by atoms with E-state index in [2.05, 4.69) is 4.72 Å². The number of halogens is 3. The number of carbonyl (C=O) groups excluding carboxylic acids is 1.